The van der Waals surface area contributed by atoms with Gasteiger partial charge in [-0.15, -0.1) is 0 Å². The summed E-state index contributed by atoms with van der Waals surface area (Å²) in [5, 5.41) is 1.05. The largest absolute Gasteiger partial charge is 0.385 e. The van der Waals surface area contributed by atoms with Gasteiger partial charge in [0, 0.05) is 28.0 Å². The van der Waals surface area contributed by atoms with Gasteiger partial charge in [-0.2, -0.15) is 0 Å². The van der Waals surface area contributed by atoms with Gasteiger partial charge in [-0.1, -0.05) is 11.3 Å². The number of hydrogen-bond acceptors (Lipinski definition) is 3. The molecule has 0 spiro atoms. The van der Waals surface area contributed by atoms with Crippen molar-refractivity contribution in [1.82, 2.24) is 4.57 Å². The van der Waals surface area contributed by atoms with Crippen LogP contribution < -0.4 is 9.37 Å². The minimum Gasteiger partial charge on any atom is -0.305 e. The number of aromatic nitrogens is 2. The molecule has 0 bridgehead atoms. The van der Waals surface area contributed by atoms with E-state index in [2.05, 4.69) is 40.4 Å². The van der Waals surface area contributed by atoms with Gasteiger partial charge in [0.15, 0.2) is 0 Å². The number of hydrogen-bond donors (Lipinski definition) is 0. The van der Waals surface area contributed by atoms with Gasteiger partial charge >= 0.3 is 9.93 Å². The third-order valence-corrected chi connectivity index (χ3v) is 4.03. The first-order valence-corrected chi connectivity index (χ1v) is 6.33. The molecule has 0 unspecified atom stereocenters. The van der Waals surface area contributed by atoms with Gasteiger partial charge in [0.1, 0.15) is 6.20 Å². The lowest BCUT2D eigenvalue weighted by Gasteiger charge is -1.83. The Bertz CT molecular complexity index is 545. The number of thiazole rings is 2. The van der Waals surface area contributed by atoms with Crippen molar-refractivity contribution < 1.29 is 4.57 Å². The topological polar surface area (TPSA) is 21.2 Å². The van der Waals surface area contributed by atoms with E-state index in [9.17, 15) is 0 Å². The van der Waals surface area contributed by atoms with E-state index in [1.165, 1.54) is 9.75 Å². The summed E-state index contributed by atoms with van der Waals surface area (Å²) in [6.07, 6.45) is 4.20. The van der Waals surface area contributed by atoms with Crippen molar-refractivity contribution in [3.8, 4) is 0 Å². The molecule has 2 aromatic rings. The molecule has 3 nitrogen and oxygen atoms in total. The van der Waals surface area contributed by atoms with Crippen molar-refractivity contribution in [3.05, 3.63) is 26.9 Å². The highest BCUT2D eigenvalue weighted by Crippen LogP contribution is 2.17. The van der Waals surface area contributed by atoms with Crippen molar-refractivity contribution in [2.75, 3.05) is 0 Å². The standard InChI is InChI=1S/C10H14N3S2/c1-7-5-12(3)9(14-7)11-10-13(4)6-8(2)15-10/h5-6H,1-4H3/q+1. The summed E-state index contributed by atoms with van der Waals surface area (Å²) in [7, 11) is 4.06. The summed E-state index contributed by atoms with van der Waals surface area (Å²) in [4.78, 5) is 8.26. The molecule has 0 aliphatic rings. The van der Waals surface area contributed by atoms with Gasteiger partial charge < -0.3 is 4.57 Å². The van der Waals surface area contributed by atoms with Crippen LogP contribution in [0.3, 0.4) is 0 Å². The third-order valence-electron chi connectivity index (χ3n) is 2.05. The maximum atomic E-state index is 4.64. The summed E-state index contributed by atoms with van der Waals surface area (Å²) in [5.74, 6) is 0. The van der Waals surface area contributed by atoms with Gasteiger partial charge in [-0.3, -0.25) is 0 Å². The fourth-order valence-corrected chi connectivity index (χ4v) is 3.14. The fourth-order valence-electron chi connectivity index (χ4n) is 1.43. The SMILES string of the molecule is Cc1c[n+](C)c(N=c2sc(C)cn2C)s1. The Morgan fingerprint density at radius 1 is 1.27 bits per heavy atom. The van der Waals surface area contributed by atoms with Gasteiger partial charge in [0.05, 0.1) is 7.05 Å². The van der Waals surface area contributed by atoms with Crippen LogP contribution in [0.5, 0.6) is 0 Å². The lowest BCUT2D eigenvalue weighted by molar-refractivity contribution is -0.654. The average molecular weight is 240 g/mol. The molecule has 0 amide bonds. The van der Waals surface area contributed by atoms with Gasteiger partial charge in [0.2, 0.25) is 0 Å². The van der Waals surface area contributed by atoms with Crippen molar-refractivity contribution in [2.45, 2.75) is 13.8 Å². The molecular weight excluding hydrogens is 226 g/mol. The van der Waals surface area contributed by atoms with E-state index >= 15 is 0 Å². The fraction of sp³-hybridized carbons (Fsp3) is 0.400. The van der Waals surface area contributed by atoms with E-state index in [4.69, 9.17) is 0 Å². The summed E-state index contributed by atoms with van der Waals surface area (Å²) in [6.45, 7) is 4.20. The Balaban J connectivity index is 2.55. The molecule has 0 atom stereocenters. The summed E-state index contributed by atoms with van der Waals surface area (Å²) >= 11 is 3.43. The van der Waals surface area contributed by atoms with E-state index in [-0.39, 0.29) is 0 Å². The van der Waals surface area contributed by atoms with E-state index in [0.717, 1.165) is 9.93 Å². The molecule has 0 aliphatic carbocycles. The van der Waals surface area contributed by atoms with Gasteiger partial charge in [-0.05, 0) is 25.2 Å². The maximum absolute atomic E-state index is 4.64. The second-order valence-corrected chi connectivity index (χ2v) is 6.01. The van der Waals surface area contributed by atoms with Gasteiger partial charge in [0.25, 0.3) is 0 Å². The molecule has 0 N–H and O–H groups in total. The second kappa shape index (κ2) is 3.90. The van der Waals surface area contributed by atoms with E-state index < -0.39 is 0 Å². The first-order chi connectivity index (χ1) is 7.06. The monoisotopic (exact) mass is 240 g/mol. The quantitative estimate of drug-likeness (QED) is 0.678. The highest BCUT2D eigenvalue weighted by molar-refractivity contribution is 7.14. The van der Waals surface area contributed by atoms with Crippen molar-refractivity contribution >= 4 is 27.8 Å². The smallest absolute Gasteiger partial charge is 0.305 e. The lowest BCUT2D eigenvalue weighted by Crippen LogP contribution is -2.25. The molecule has 2 rings (SSSR count). The Kier molecular flexibility index (Phi) is 2.75. The molecule has 80 valence electrons. The molecule has 0 saturated heterocycles. The van der Waals surface area contributed by atoms with E-state index in [0.29, 0.717) is 0 Å². The molecule has 2 aromatic heterocycles. The molecule has 0 saturated carbocycles. The van der Waals surface area contributed by atoms with Crippen LogP contribution in [0.1, 0.15) is 9.75 Å². The van der Waals surface area contributed by atoms with Crippen molar-refractivity contribution in [1.29, 1.82) is 0 Å². The zero-order valence-corrected chi connectivity index (χ0v) is 10.9. The Hall–Kier alpha value is -0.940. The lowest BCUT2D eigenvalue weighted by atomic mass is 10.6. The summed E-state index contributed by atoms with van der Waals surface area (Å²) < 4.78 is 4.13. The highest BCUT2D eigenvalue weighted by atomic mass is 32.1. The first kappa shape index (κ1) is 10.6. The molecule has 5 heteroatoms. The molecule has 0 radical (unpaired) electrons. The van der Waals surface area contributed by atoms with Crippen molar-refractivity contribution in [2.24, 2.45) is 19.1 Å². The number of nitrogens with zero attached hydrogens (tertiary/aromatic N) is 3. The van der Waals surface area contributed by atoms with Crippen LogP contribution in [0.4, 0.5) is 5.13 Å². The minimum atomic E-state index is 1.05. The van der Waals surface area contributed by atoms with Crippen LogP contribution in [0.15, 0.2) is 17.4 Å². The van der Waals surface area contributed by atoms with Crippen LogP contribution in [0, 0.1) is 13.8 Å². The normalized spacial score (nSPS) is 12.4. The van der Waals surface area contributed by atoms with Gasteiger partial charge in [-0.25, -0.2) is 4.57 Å². The first-order valence-electron chi connectivity index (χ1n) is 4.70. The summed E-state index contributed by atoms with van der Waals surface area (Å²) in [6, 6.07) is 0. The highest BCUT2D eigenvalue weighted by Gasteiger charge is 2.11. The zero-order valence-electron chi connectivity index (χ0n) is 9.31. The predicted molar refractivity (Wildman–Crippen MR) is 63.5 cm³/mol. The Labute approximate surface area is 97.0 Å². The van der Waals surface area contributed by atoms with E-state index in [1.54, 1.807) is 22.7 Å². The van der Waals surface area contributed by atoms with Crippen molar-refractivity contribution in [3.63, 3.8) is 0 Å². The molecule has 15 heavy (non-hydrogen) atoms. The Morgan fingerprint density at radius 3 is 2.47 bits per heavy atom. The molecule has 2 heterocycles. The average Bonchev–Trinajstić information content (AvgIpc) is 2.58. The van der Waals surface area contributed by atoms with E-state index in [1.807, 2.05) is 14.1 Å². The predicted octanol–water partition coefficient (Wildman–Crippen LogP) is 1.82. The zero-order chi connectivity index (χ0) is 11.0. The maximum Gasteiger partial charge on any atom is 0.385 e. The number of aryl methyl sites for hydroxylation is 4. The van der Waals surface area contributed by atoms with Crippen LogP contribution in [-0.4, -0.2) is 4.57 Å². The second-order valence-electron chi connectivity index (χ2n) is 3.58. The number of rotatable bonds is 1. The Morgan fingerprint density at radius 2 is 2.00 bits per heavy atom. The van der Waals surface area contributed by atoms with Crippen LogP contribution in [0.2, 0.25) is 0 Å². The van der Waals surface area contributed by atoms with Crippen LogP contribution >= 0.6 is 22.7 Å². The molecule has 0 aromatic carbocycles. The molecule has 0 aliphatic heterocycles. The van der Waals surface area contributed by atoms with Crippen LogP contribution in [0.25, 0.3) is 0 Å². The summed E-state index contributed by atoms with van der Waals surface area (Å²) in [5.41, 5.74) is 0. The molecular formula is C10H14N3S2+. The third kappa shape index (κ3) is 2.18. The van der Waals surface area contributed by atoms with Crippen LogP contribution in [-0.2, 0) is 14.1 Å². The minimum absolute atomic E-state index is 1.05. The molecule has 0 fully saturated rings.